The SMILES string of the molecule is CN=C(C)C(CN(C)C(=O)c1ccc(OC2CCNCC2)cc1)=C(C)N. The number of carbonyl (C=O) groups is 1. The molecule has 1 aliphatic rings. The Morgan fingerprint density at radius 2 is 1.88 bits per heavy atom. The first kappa shape index (κ1) is 20.0. The fourth-order valence-electron chi connectivity index (χ4n) is 2.97. The highest BCUT2D eigenvalue weighted by Crippen LogP contribution is 2.18. The normalized spacial score (nSPS) is 16.8. The topological polar surface area (TPSA) is 80.0 Å². The predicted molar refractivity (Wildman–Crippen MR) is 106 cm³/mol. The van der Waals surface area contributed by atoms with Crippen molar-refractivity contribution in [2.24, 2.45) is 10.7 Å². The van der Waals surface area contributed by atoms with Crippen LogP contribution in [-0.4, -0.2) is 56.4 Å². The number of aliphatic imine (C=N–C) groups is 1. The minimum Gasteiger partial charge on any atom is -0.490 e. The molecule has 0 spiro atoms. The molecule has 1 saturated heterocycles. The van der Waals surface area contributed by atoms with Gasteiger partial charge in [-0.05, 0) is 64.0 Å². The van der Waals surface area contributed by atoms with Gasteiger partial charge in [-0.1, -0.05) is 0 Å². The minimum absolute atomic E-state index is 0.0546. The summed E-state index contributed by atoms with van der Waals surface area (Å²) in [6, 6.07) is 7.36. The summed E-state index contributed by atoms with van der Waals surface area (Å²) in [5.74, 6) is 0.754. The number of hydrogen-bond donors (Lipinski definition) is 2. The van der Waals surface area contributed by atoms with Crippen LogP contribution in [0.25, 0.3) is 0 Å². The second-order valence-electron chi connectivity index (χ2n) is 6.72. The van der Waals surface area contributed by atoms with Gasteiger partial charge in [-0.15, -0.1) is 0 Å². The van der Waals surface area contributed by atoms with E-state index in [1.807, 2.05) is 38.1 Å². The highest BCUT2D eigenvalue weighted by molar-refractivity contribution is 6.00. The Morgan fingerprint density at radius 3 is 2.42 bits per heavy atom. The van der Waals surface area contributed by atoms with Gasteiger partial charge in [0.05, 0.1) is 0 Å². The zero-order valence-corrected chi connectivity index (χ0v) is 16.2. The molecule has 0 atom stereocenters. The van der Waals surface area contributed by atoms with Gasteiger partial charge in [0.25, 0.3) is 5.91 Å². The van der Waals surface area contributed by atoms with Crippen LogP contribution in [0.5, 0.6) is 5.75 Å². The lowest BCUT2D eigenvalue weighted by molar-refractivity contribution is 0.0808. The number of hydrogen-bond acceptors (Lipinski definition) is 5. The standard InChI is InChI=1S/C20H30N4O2/c1-14(21)19(15(2)22-3)13-24(4)20(25)16-5-7-17(8-6-16)26-18-9-11-23-12-10-18/h5-8,18,23H,9-13,21H2,1-4H3. The number of nitrogens with two attached hydrogens (primary N) is 1. The van der Waals surface area contributed by atoms with E-state index in [0.29, 0.717) is 17.8 Å². The molecule has 1 heterocycles. The van der Waals surface area contributed by atoms with E-state index in [-0.39, 0.29) is 12.0 Å². The number of ether oxygens (including phenoxy) is 1. The number of nitrogens with one attached hydrogen (secondary N) is 1. The molecule has 142 valence electrons. The van der Waals surface area contributed by atoms with E-state index >= 15 is 0 Å². The van der Waals surface area contributed by atoms with Gasteiger partial charge in [0.2, 0.25) is 0 Å². The quantitative estimate of drug-likeness (QED) is 0.764. The molecule has 0 radical (unpaired) electrons. The molecule has 26 heavy (non-hydrogen) atoms. The molecule has 3 N–H and O–H groups in total. The molecule has 1 aliphatic heterocycles. The summed E-state index contributed by atoms with van der Waals surface area (Å²) in [7, 11) is 3.49. The van der Waals surface area contributed by atoms with E-state index in [2.05, 4.69) is 10.3 Å². The molecule has 0 aliphatic carbocycles. The molecular formula is C20H30N4O2. The Morgan fingerprint density at radius 1 is 1.27 bits per heavy atom. The van der Waals surface area contributed by atoms with Crippen LogP contribution in [0.3, 0.4) is 0 Å². The van der Waals surface area contributed by atoms with Gasteiger partial charge in [0.1, 0.15) is 11.9 Å². The maximum atomic E-state index is 12.7. The monoisotopic (exact) mass is 358 g/mol. The Balaban J connectivity index is 2.01. The number of benzene rings is 1. The van der Waals surface area contributed by atoms with E-state index in [1.54, 1.807) is 19.0 Å². The van der Waals surface area contributed by atoms with Crippen molar-refractivity contribution < 1.29 is 9.53 Å². The molecule has 1 amide bonds. The highest BCUT2D eigenvalue weighted by Gasteiger charge is 2.17. The van der Waals surface area contributed by atoms with Crippen LogP contribution in [-0.2, 0) is 0 Å². The van der Waals surface area contributed by atoms with Gasteiger partial charge in [-0.2, -0.15) is 0 Å². The molecule has 6 heteroatoms. The molecule has 1 aromatic carbocycles. The van der Waals surface area contributed by atoms with Gasteiger partial charge >= 0.3 is 0 Å². The fourth-order valence-corrected chi connectivity index (χ4v) is 2.97. The van der Waals surface area contributed by atoms with Crippen molar-refractivity contribution in [2.75, 3.05) is 33.7 Å². The zero-order valence-electron chi connectivity index (χ0n) is 16.2. The largest absolute Gasteiger partial charge is 0.490 e. The van der Waals surface area contributed by atoms with Gasteiger partial charge in [0, 0.05) is 43.2 Å². The van der Waals surface area contributed by atoms with Crippen LogP contribution in [0.15, 0.2) is 40.5 Å². The average molecular weight is 358 g/mol. The summed E-state index contributed by atoms with van der Waals surface area (Å²) in [5, 5.41) is 3.32. The lowest BCUT2D eigenvalue weighted by Crippen LogP contribution is -2.34. The van der Waals surface area contributed by atoms with Gasteiger partial charge in [-0.25, -0.2) is 0 Å². The molecule has 0 aromatic heterocycles. The maximum absolute atomic E-state index is 12.7. The average Bonchev–Trinajstić information content (AvgIpc) is 2.66. The second-order valence-corrected chi connectivity index (χ2v) is 6.72. The van der Waals surface area contributed by atoms with Gasteiger partial charge in [0.15, 0.2) is 0 Å². The minimum atomic E-state index is -0.0546. The van der Waals surface area contributed by atoms with Gasteiger partial charge < -0.3 is 20.7 Å². The predicted octanol–water partition coefficient (Wildman–Crippen LogP) is 2.21. The number of carbonyl (C=O) groups excluding carboxylic acids is 1. The molecular weight excluding hydrogens is 328 g/mol. The lowest BCUT2D eigenvalue weighted by atomic mass is 10.1. The maximum Gasteiger partial charge on any atom is 0.253 e. The second kappa shape index (κ2) is 9.38. The van der Waals surface area contributed by atoms with Crippen LogP contribution in [0, 0.1) is 0 Å². The van der Waals surface area contributed by atoms with Crippen molar-refractivity contribution in [1.29, 1.82) is 0 Å². The van der Waals surface area contributed by atoms with Crippen molar-refractivity contribution in [3.63, 3.8) is 0 Å². The summed E-state index contributed by atoms with van der Waals surface area (Å²) in [6.07, 6.45) is 2.27. The third kappa shape index (κ3) is 5.33. The number of likely N-dealkylation sites (N-methyl/N-ethyl adjacent to an activating group) is 1. The number of nitrogens with zero attached hydrogens (tertiary/aromatic N) is 2. The van der Waals surface area contributed by atoms with Crippen LogP contribution in [0.2, 0.25) is 0 Å². The molecule has 0 unspecified atom stereocenters. The summed E-state index contributed by atoms with van der Waals surface area (Å²) in [6.45, 7) is 6.13. The van der Waals surface area contributed by atoms with Crippen molar-refractivity contribution in [1.82, 2.24) is 10.2 Å². The Labute approximate surface area is 156 Å². The molecule has 0 bridgehead atoms. The zero-order chi connectivity index (χ0) is 19.1. The van der Waals surface area contributed by atoms with Crippen LogP contribution >= 0.6 is 0 Å². The van der Waals surface area contributed by atoms with Crippen molar-refractivity contribution in [2.45, 2.75) is 32.8 Å². The highest BCUT2D eigenvalue weighted by atomic mass is 16.5. The van der Waals surface area contributed by atoms with Crippen molar-refractivity contribution >= 4 is 11.6 Å². The first-order chi connectivity index (χ1) is 12.4. The molecule has 1 fully saturated rings. The third-order valence-corrected chi connectivity index (χ3v) is 4.68. The van der Waals surface area contributed by atoms with Crippen LogP contribution < -0.4 is 15.8 Å². The summed E-state index contributed by atoms with van der Waals surface area (Å²) < 4.78 is 5.99. The van der Waals surface area contributed by atoms with E-state index < -0.39 is 0 Å². The summed E-state index contributed by atoms with van der Waals surface area (Å²) in [4.78, 5) is 18.5. The van der Waals surface area contributed by atoms with E-state index in [1.165, 1.54) is 0 Å². The Kier molecular flexibility index (Phi) is 7.21. The number of amides is 1. The first-order valence-corrected chi connectivity index (χ1v) is 9.04. The summed E-state index contributed by atoms with van der Waals surface area (Å²) >= 11 is 0. The van der Waals surface area contributed by atoms with Gasteiger partial charge in [-0.3, -0.25) is 9.79 Å². The van der Waals surface area contributed by atoms with Crippen molar-refractivity contribution in [3.05, 3.63) is 41.1 Å². The smallest absolute Gasteiger partial charge is 0.253 e. The number of piperidine rings is 1. The molecule has 1 aromatic rings. The Bertz CT molecular complexity index is 670. The van der Waals surface area contributed by atoms with Crippen LogP contribution in [0.4, 0.5) is 0 Å². The third-order valence-electron chi connectivity index (χ3n) is 4.68. The van der Waals surface area contributed by atoms with E-state index in [0.717, 1.165) is 43.0 Å². The molecule has 6 nitrogen and oxygen atoms in total. The molecule has 0 saturated carbocycles. The van der Waals surface area contributed by atoms with Crippen LogP contribution in [0.1, 0.15) is 37.0 Å². The Hall–Kier alpha value is -2.34. The number of rotatable bonds is 6. The summed E-state index contributed by atoms with van der Waals surface area (Å²) in [5.41, 5.74) is 8.98. The fraction of sp³-hybridized carbons (Fsp3) is 0.500. The molecule has 2 rings (SSSR count). The lowest BCUT2D eigenvalue weighted by Gasteiger charge is -2.24. The number of allylic oxidation sites excluding steroid dienone is 1. The van der Waals surface area contributed by atoms with E-state index in [9.17, 15) is 4.79 Å². The first-order valence-electron chi connectivity index (χ1n) is 9.04. The van der Waals surface area contributed by atoms with Crippen molar-refractivity contribution in [3.8, 4) is 5.75 Å². The van der Waals surface area contributed by atoms with E-state index in [4.69, 9.17) is 10.5 Å².